The first-order valence-electron chi connectivity index (χ1n) is 8.54. The minimum atomic E-state index is -0.938. The van der Waals surface area contributed by atoms with Crippen LogP contribution in [0.15, 0.2) is 59.8 Å². The zero-order valence-corrected chi connectivity index (χ0v) is 15.1. The molecule has 0 spiro atoms. The van der Waals surface area contributed by atoms with Crippen molar-refractivity contribution in [3.8, 4) is 11.1 Å². The van der Waals surface area contributed by atoms with E-state index in [1.807, 2.05) is 54.6 Å². The van der Waals surface area contributed by atoms with Crippen molar-refractivity contribution in [3.63, 3.8) is 0 Å². The summed E-state index contributed by atoms with van der Waals surface area (Å²) in [5, 5.41) is 15.3. The summed E-state index contributed by atoms with van der Waals surface area (Å²) in [6.45, 7) is 1.54. The summed E-state index contributed by atoms with van der Waals surface area (Å²) in [6.07, 6.45) is -0.0804. The molecule has 0 saturated heterocycles. The second kappa shape index (κ2) is 10.1. The van der Waals surface area contributed by atoms with E-state index in [2.05, 4.69) is 10.5 Å². The van der Waals surface area contributed by atoms with Gasteiger partial charge in [0.05, 0.1) is 6.42 Å². The molecule has 2 rings (SSSR count). The van der Waals surface area contributed by atoms with Gasteiger partial charge in [-0.25, -0.2) is 0 Å². The first kappa shape index (κ1) is 20.1. The van der Waals surface area contributed by atoms with Gasteiger partial charge in [-0.05, 0) is 18.1 Å². The molecule has 1 unspecified atom stereocenters. The molecule has 7 heteroatoms. The fourth-order valence-corrected chi connectivity index (χ4v) is 2.37. The third-order valence-corrected chi connectivity index (χ3v) is 3.91. The molecule has 0 aromatic heterocycles. The Labute approximate surface area is 157 Å². The number of hydrogen-bond acceptors (Lipinski definition) is 5. The van der Waals surface area contributed by atoms with Gasteiger partial charge >= 0.3 is 5.97 Å². The number of benzene rings is 2. The highest BCUT2D eigenvalue weighted by Crippen LogP contribution is 2.19. The van der Waals surface area contributed by atoms with Crippen molar-refractivity contribution in [2.45, 2.75) is 19.4 Å². The Morgan fingerprint density at radius 1 is 1.11 bits per heavy atom. The Morgan fingerprint density at radius 2 is 1.74 bits per heavy atom. The van der Waals surface area contributed by atoms with Gasteiger partial charge in [-0.1, -0.05) is 59.8 Å². The largest absolute Gasteiger partial charge is 0.481 e. The summed E-state index contributed by atoms with van der Waals surface area (Å²) in [7, 11) is 0. The quantitative estimate of drug-likeness (QED) is 0.335. The molecule has 27 heavy (non-hydrogen) atoms. The fourth-order valence-electron chi connectivity index (χ4n) is 2.37. The zero-order valence-electron chi connectivity index (χ0n) is 15.1. The van der Waals surface area contributed by atoms with Crippen LogP contribution in [0.1, 0.15) is 18.9 Å². The van der Waals surface area contributed by atoms with E-state index >= 15 is 0 Å². The van der Waals surface area contributed by atoms with Crippen LogP contribution in [-0.2, 0) is 14.4 Å². The standard InChI is InChI=1S/C20H23N3O4/c1-14(24)18(22-12-11-19(25)26)13-27-23-20(21)17-9-7-16(8-10-17)15-5-3-2-4-6-15/h2-10,18,22H,11-13H2,1H3,(H2,21,23)(H,25,26). The Bertz CT molecular complexity index is 789. The highest BCUT2D eigenvalue weighted by molar-refractivity contribution is 5.97. The Balaban J connectivity index is 1.92. The minimum absolute atomic E-state index is 0.0300. The van der Waals surface area contributed by atoms with Crippen LogP contribution in [0.3, 0.4) is 0 Å². The second-order valence-electron chi connectivity index (χ2n) is 5.98. The maximum absolute atomic E-state index is 11.6. The number of nitrogens with two attached hydrogens (primary N) is 1. The van der Waals surface area contributed by atoms with E-state index < -0.39 is 12.0 Å². The van der Waals surface area contributed by atoms with Gasteiger partial charge in [-0.15, -0.1) is 0 Å². The number of nitrogens with zero attached hydrogens (tertiary/aromatic N) is 1. The van der Waals surface area contributed by atoms with Crippen molar-refractivity contribution < 1.29 is 19.5 Å². The number of carboxylic acids is 1. The van der Waals surface area contributed by atoms with Crippen molar-refractivity contribution in [1.29, 1.82) is 0 Å². The molecule has 0 aliphatic rings. The molecule has 4 N–H and O–H groups in total. The number of amidine groups is 1. The SMILES string of the molecule is CC(=O)C(CON=C(N)c1ccc(-c2ccccc2)cc1)NCCC(=O)O. The summed E-state index contributed by atoms with van der Waals surface area (Å²) in [6, 6.07) is 16.9. The highest BCUT2D eigenvalue weighted by atomic mass is 16.6. The zero-order chi connectivity index (χ0) is 19.6. The normalized spacial score (nSPS) is 12.4. The van der Waals surface area contributed by atoms with Crippen molar-refractivity contribution in [3.05, 3.63) is 60.2 Å². The van der Waals surface area contributed by atoms with Crippen LogP contribution in [0.25, 0.3) is 11.1 Å². The van der Waals surface area contributed by atoms with Gasteiger partial charge in [-0.3, -0.25) is 9.59 Å². The summed E-state index contributed by atoms with van der Waals surface area (Å²) < 4.78 is 0. The van der Waals surface area contributed by atoms with Crippen molar-refractivity contribution in [1.82, 2.24) is 5.32 Å². The topological polar surface area (TPSA) is 114 Å². The lowest BCUT2D eigenvalue weighted by atomic mass is 10.0. The molecule has 2 aromatic carbocycles. The minimum Gasteiger partial charge on any atom is -0.481 e. The van der Waals surface area contributed by atoms with E-state index in [1.54, 1.807) is 0 Å². The lowest BCUT2D eigenvalue weighted by Crippen LogP contribution is -2.40. The van der Waals surface area contributed by atoms with E-state index in [9.17, 15) is 9.59 Å². The number of carboxylic acid groups (broad SMARTS) is 1. The number of oxime groups is 1. The van der Waals surface area contributed by atoms with Crippen molar-refractivity contribution in [2.24, 2.45) is 10.9 Å². The third kappa shape index (κ3) is 6.56. The van der Waals surface area contributed by atoms with Gasteiger partial charge in [0.2, 0.25) is 0 Å². The van der Waals surface area contributed by atoms with E-state index in [-0.39, 0.29) is 31.2 Å². The predicted octanol–water partition coefficient (Wildman–Crippen LogP) is 2.01. The molecule has 0 aliphatic heterocycles. The Hall–Kier alpha value is -3.19. The first-order valence-corrected chi connectivity index (χ1v) is 8.54. The Morgan fingerprint density at radius 3 is 2.33 bits per heavy atom. The molecule has 0 bridgehead atoms. The van der Waals surface area contributed by atoms with E-state index in [0.29, 0.717) is 5.56 Å². The number of Topliss-reactive ketones (excluding diaryl/α,β-unsaturated/α-hetero) is 1. The fraction of sp³-hybridized carbons (Fsp3) is 0.250. The molecular formula is C20H23N3O4. The maximum Gasteiger partial charge on any atom is 0.304 e. The average Bonchev–Trinajstić information content (AvgIpc) is 2.67. The van der Waals surface area contributed by atoms with E-state index in [0.717, 1.165) is 11.1 Å². The summed E-state index contributed by atoms with van der Waals surface area (Å²) in [4.78, 5) is 27.3. The highest BCUT2D eigenvalue weighted by Gasteiger charge is 2.15. The summed E-state index contributed by atoms with van der Waals surface area (Å²) in [5.74, 6) is -0.907. The van der Waals surface area contributed by atoms with Crippen LogP contribution in [0, 0.1) is 0 Å². The Kier molecular flexibility index (Phi) is 7.51. The molecule has 0 aliphatic carbocycles. The van der Waals surface area contributed by atoms with Crippen LogP contribution in [-0.4, -0.2) is 41.9 Å². The summed E-state index contributed by atoms with van der Waals surface area (Å²) in [5.41, 5.74) is 8.80. The number of nitrogens with one attached hydrogen (secondary N) is 1. The van der Waals surface area contributed by atoms with Crippen LogP contribution in [0.5, 0.6) is 0 Å². The van der Waals surface area contributed by atoms with Crippen LogP contribution < -0.4 is 11.1 Å². The maximum atomic E-state index is 11.6. The van der Waals surface area contributed by atoms with Gasteiger partial charge in [0, 0.05) is 12.1 Å². The number of rotatable bonds is 10. The van der Waals surface area contributed by atoms with Gasteiger partial charge in [0.25, 0.3) is 0 Å². The molecule has 7 nitrogen and oxygen atoms in total. The molecule has 0 saturated carbocycles. The van der Waals surface area contributed by atoms with Crippen LogP contribution in [0.4, 0.5) is 0 Å². The monoisotopic (exact) mass is 369 g/mol. The second-order valence-corrected chi connectivity index (χ2v) is 5.98. The van der Waals surface area contributed by atoms with E-state index in [1.165, 1.54) is 6.92 Å². The molecule has 142 valence electrons. The number of hydrogen-bond donors (Lipinski definition) is 3. The summed E-state index contributed by atoms with van der Waals surface area (Å²) >= 11 is 0. The average molecular weight is 369 g/mol. The molecule has 0 heterocycles. The van der Waals surface area contributed by atoms with E-state index in [4.69, 9.17) is 15.7 Å². The van der Waals surface area contributed by atoms with Gasteiger partial charge in [0.15, 0.2) is 5.84 Å². The van der Waals surface area contributed by atoms with Gasteiger partial charge in [-0.2, -0.15) is 0 Å². The first-order chi connectivity index (χ1) is 13.0. The van der Waals surface area contributed by atoms with Gasteiger partial charge < -0.3 is 21.0 Å². The van der Waals surface area contributed by atoms with Crippen LogP contribution in [0.2, 0.25) is 0 Å². The molecular weight excluding hydrogens is 346 g/mol. The third-order valence-electron chi connectivity index (χ3n) is 3.91. The molecule has 2 aromatic rings. The van der Waals surface area contributed by atoms with Gasteiger partial charge in [0.1, 0.15) is 18.4 Å². The smallest absolute Gasteiger partial charge is 0.304 e. The number of carbonyl (C=O) groups excluding carboxylic acids is 1. The van der Waals surface area contributed by atoms with Crippen molar-refractivity contribution in [2.75, 3.05) is 13.2 Å². The lowest BCUT2D eigenvalue weighted by molar-refractivity contribution is -0.137. The number of carbonyl (C=O) groups is 2. The predicted molar refractivity (Wildman–Crippen MR) is 103 cm³/mol. The van der Waals surface area contributed by atoms with Crippen LogP contribution >= 0.6 is 0 Å². The molecule has 0 radical (unpaired) electrons. The molecule has 1 atom stereocenters. The molecule has 0 amide bonds. The lowest BCUT2D eigenvalue weighted by Gasteiger charge is -2.14. The molecule has 0 fully saturated rings. The number of ketones is 1. The number of aliphatic carboxylic acids is 1. The van der Waals surface area contributed by atoms with Crippen molar-refractivity contribution >= 4 is 17.6 Å².